The van der Waals surface area contributed by atoms with E-state index in [9.17, 15) is 0 Å². The summed E-state index contributed by atoms with van der Waals surface area (Å²) in [5, 5.41) is 0. The fourth-order valence-electron chi connectivity index (χ4n) is 2.22. The van der Waals surface area contributed by atoms with Crippen LogP contribution in [0, 0.1) is 0 Å². The van der Waals surface area contributed by atoms with Gasteiger partial charge in [-0.05, 0) is 24.6 Å². The van der Waals surface area contributed by atoms with Gasteiger partial charge in [-0.2, -0.15) is 0 Å². The fraction of sp³-hybridized carbons (Fsp3) is 0.375. The summed E-state index contributed by atoms with van der Waals surface area (Å²) in [4.78, 5) is 0. The number of rotatable bonds is 6. The van der Waals surface area contributed by atoms with Gasteiger partial charge in [0.05, 0.1) is 13.7 Å². The maximum atomic E-state index is 6.04. The van der Waals surface area contributed by atoms with Crippen molar-refractivity contribution in [3.63, 3.8) is 0 Å². The molecule has 0 bridgehead atoms. The van der Waals surface area contributed by atoms with Gasteiger partial charge in [-0.25, -0.2) is 0 Å². The summed E-state index contributed by atoms with van der Waals surface area (Å²) >= 11 is 0. The first-order chi connectivity index (χ1) is 9.24. The topological polar surface area (TPSA) is 40.2 Å². The number of hydrogen-bond donors (Lipinski definition) is 1. The number of nitrogens with zero attached hydrogens (tertiary/aromatic N) is 1. The Morgan fingerprint density at radius 1 is 1.21 bits per heavy atom. The van der Waals surface area contributed by atoms with Crippen LogP contribution in [0.25, 0.3) is 0 Å². The molecular weight excluding hydrogens is 236 g/mol. The standard InChI is InChI=1S/C16H22N2O/c1-3-14(17)11-15-8-6-10-18(15)12-13-7-4-5-9-16(13)19-2/h4-10,14H,3,11-12,17H2,1-2H3. The number of aromatic nitrogens is 1. The number of nitrogens with two attached hydrogens (primary N) is 1. The van der Waals surface area contributed by atoms with Gasteiger partial charge in [-0.15, -0.1) is 0 Å². The van der Waals surface area contributed by atoms with Gasteiger partial charge in [0, 0.05) is 29.9 Å². The highest BCUT2D eigenvalue weighted by atomic mass is 16.5. The van der Waals surface area contributed by atoms with E-state index in [2.05, 4.69) is 35.9 Å². The van der Waals surface area contributed by atoms with Gasteiger partial charge in [0.2, 0.25) is 0 Å². The zero-order valence-electron chi connectivity index (χ0n) is 11.7. The van der Waals surface area contributed by atoms with E-state index in [0.29, 0.717) is 0 Å². The Balaban J connectivity index is 2.17. The number of para-hydroxylation sites is 1. The van der Waals surface area contributed by atoms with E-state index in [-0.39, 0.29) is 6.04 Å². The van der Waals surface area contributed by atoms with E-state index in [1.165, 1.54) is 11.3 Å². The van der Waals surface area contributed by atoms with Crippen LogP contribution in [0.15, 0.2) is 42.6 Å². The van der Waals surface area contributed by atoms with Gasteiger partial charge in [0.15, 0.2) is 0 Å². The summed E-state index contributed by atoms with van der Waals surface area (Å²) in [6.45, 7) is 2.95. The third-order valence-electron chi connectivity index (χ3n) is 3.45. The van der Waals surface area contributed by atoms with Crippen molar-refractivity contribution in [2.24, 2.45) is 5.73 Å². The summed E-state index contributed by atoms with van der Waals surface area (Å²) in [6, 6.07) is 12.6. The molecule has 0 aliphatic rings. The molecule has 0 saturated heterocycles. The van der Waals surface area contributed by atoms with E-state index in [0.717, 1.165) is 25.1 Å². The smallest absolute Gasteiger partial charge is 0.123 e. The third kappa shape index (κ3) is 3.38. The molecule has 2 aromatic rings. The molecule has 1 aromatic heterocycles. The molecule has 19 heavy (non-hydrogen) atoms. The van der Waals surface area contributed by atoms with E-state index < -0.39 is 0 Å². The Morgan fingerprint density at radius 2 is 2.00 bits per heavy atom. The normalized spacial score (nSPS) is 12.4. The van der Waals surface area contributed by atoms with Crippen LogP contribution in [0.4, 0.5) is 0 Å². The molecule has 1 atom stereocenters. The van der Waals surface area contributed by atoms with Crippen molar-refractivity contribution in [2.45, 2.75) is 32.4 Å². The van der Waals surface area contributed by atoms with Crippen molar-refractivity contribution < 1.29 is 4.74 Å². The second-order valence-corrected chi connectivity index (χ2v) is 4.81. The highest BCUT2D eigenvalue weighted by molar-refractivity contribution is 5.33. The molecule has 0 saturated carbocycles. The monoisotopic (exact) mass is 258 g/mol. The maximum Gasteiger partial charge on any atom is 0.123 e. The average Bonchev–Trinajstić information content (AvgIpc) is 2.86. The average molecular weight is 258 g/mol. The van der Waals surface area contributed by atoms with Gasteiger partial charge >= 0.3 is 0 Å². The lowest BCUT2D eigenvalue weighted by Crippen LogP contribution is -2.23. The van der Waals surface area contributed by atoms with Crippen LogP contribution >= 0.6 is 0 Å². The predicted molar refractivity (Wildman–Crippen MR) is 78.5 cm³/mol. The lowest BCUT2D eigenvalue weighted by molar-refractivity contribution is 0.408. The van der Waals surface area contributed by atoms with Crippen molar-refractivity contribution in [1.82, 2.24) is 4.57 Å². The van der Waals surface area contributed by atoms with Gasteiger partial charge in [-0.1, -0.05) is 25.1 Å². The predicted octanol–water partition coefficient (Wildman–Crippen LogP) is 2.82. The quantitative estimate of drug-likeness (QED) is 0.865. The van der Waals surface area contributed by atoms with E-state index in [1.54, 1.807) is 7.11 Å². The Bertz CT molecular complexity index is 519. The molecule has 3 nitrogen and oxygen atoms in total. The van der Waals surface area contributed by atoms with Gasteiger partial charge in [-0.3, -0.25) is 0 Å². The summed E-state index contributed by atoms with van der Waals surface area (Å²) in [5.41, 5.74) is 8.51. The molecule has 0 aliphatic heterocycles. The molecule has 0 radical (unpaired) electrons. The Morgan fingerprint density at radius 3 is 2.74 bits per heavy atom. The molecule has 0 aliphatic carbocycles. The Kier molecular flexibility index (Phi) is 4.63. The fourth-order valence-corrected chi connectivity index (χ4v) is 2.22. The van der Waals surface area contributed by atoms with E-state index in [1.807, 2.05) is 18.2 Å². The van der Waals surface area contributed by atoms with E-state index in [4.69, 9.17) is 10.5 Å². The summed E-state index contributed by atoms with van der Waals surface area (Å²) < 4.78 is 7.64. The van der Waals surface area contributed by atoms with Gasteiger partial charge in [0.25, 0.3) is 0 Å². The van der Waals surface area contributed by atoms with Crippen molar-refractivity contribution in [3.8, 4) is 5.75 Å². The van der Waals surface area contributed by atoms with Crippen molar-refractivity contribution >= 4 is 0 Å². The molecule has 102 valence electrons. The second-order valence-electron chi connectivity index (χ2n) is 4.81. The van der Waals surface area contributed by atoms with Crippen LogP contribution in [0.2, 0.25) is 0 Å². The molecular formula is C16H22N2O. The molecule has 1 aromatic carbocycles. The first-order valence-corrected chi connectivity index (χ1v) is 6.76. The maximum absolute atomic E-state index is 6.04. The second kappa shape index (κ2) is 6.43. The molecule has 3 heteroatoms. The van der Waals surface area contributed by atoms with Crippen molar-refractivity contribution in [2.75, 3.05) is 7.11 Å². The van der Waals surface area contributed by atoms with Gasteiger partial charge < -0.3 is 15.0 Å². The van der Waals surface area contributed by atoms with Crippen LogP contribution in [-0.2, 0) is 13.0 Å². The highest BCUT2D eigenvalue weighted by Crippen LogP contribution is 2.19. The highest BCUT2D eigenvalue weighted by Gasteiger charge is 2.08. The SMILES string of the molecule is CCC(N)Cc1cccn1Cc1ccccc1OC. The summed E-state index contributed by atoms with van der Waals surface area (Å²) in [5.74, 6) is 0.932. The molecule has 0 spiro atoms. The van der Waals surface area contributed by atoms with Crippen LogP contribution in [0.3, 0.4) is 0 Å². The third-order valence-corrected chi connectivity index (χ3v) is 3.45. The minimum Gasteiger partial charge on any atom is -0.496 e. The largest absolute Gasteiger partial charge is 0.496 e. The Hall–Kier alpha value is -1.74. The van der Waals surface area contributed by atoms with E-state index >= 15 is 0 Å². The number of methoxy groups -OCH3 is 1. The van der Waals surface area contributed by atoms with Crippen LogP contribution in [0.1, 0.15) is 24.6 Å². The number of ether oxygens (including phenoxy) is 1. The first-order valence-electron chi connectivity index (χ1n) is 6.76. The summed E-state index contributed by atoms with van der Waals surface area (Å²) in [6.07, 6.45) is 4.02. The molecule has 1 unspecified atom stereocenters. The first kappa shape index (κ1) is 13.7. The lowest BCUT2D eigenvalue weighted by atomic mass is 10.1. The molecule has 0 amide bonds. The lowest BCUT2D eigenvalue weighted by Gasteiger charge is -2.14. The minimum atomic E-state index is 0.228. The van der Waals surface area contributed by atoms with Crippen LogP contribution in [0.5, 0.6) is 5.75 Å². The zero-order valence-corrected chi connectivity index (χ0v) is 11.7. The minimum absolute atomic E-state index is 0.228. The van der Waals surface area contributed by atoms with Crippen LogP contribution < -0.4 is 10.5 Å². The van der Waals surface area contributed by atoms with Crippen molar-refractivity contribution in [3.05, 3.63) is 53.9 Å². The molecule has 1 heterocycles. The van der Waals surface area contributed by atoms with Crippen LogP contribution in [-0.4, -0.2) is 17.7 Å². The number of hydrogen-bond acceptors (Lipinski definition) is 2. The molecule has 2 rings (SSSR count). The Labute approximate surface area is 115 Å². The molecule has 2 N–H and O–H groups in total. The number of benzene rings is 1. The molecule has 0 fully saturated rings. The van der Waals surface area contributed by atoms with Gasteiger partial charge in [0.1, 0.15) is 5.75 Å². The van der Waals surface area contributed by atoms with Crippen molar-refractivity contribution in [1.29, 1.82) is 0 Å². The summed E-state index contributed by atoms with van der Waals surface area (Å²) in [7, 11) is 1.71. The zero-order chi connectivity index (χ0) is 13.7.